The largest absolute Gasteiger partial charge is 0.326 e. The van der Waals surface area contributed by atoms with Gasteiger partial charge in [0.2, 0.25) is 5.91 Å². The van der Waals surface area contributed by atoms with Gasteiger partial charge in [-0.15, -0.1) is 0 Å². The summed E-state index contributed by atoms with van der Waals surface area (Å²) in [7, 11) is 0. The van der Waals surface area contributed by atoms with Crippen molar-refractivity contribution in [3.8, 4) is 0 Å². The molecule has 0 heterocycles. The highest BCUT2D eigenvalue weighted by Gasteiger charge is 2.52. The monoisotopic (exact) mass is 313 g/mol. The summed E-state index contributed by atoms with van der Waals surface area (Å²) in [6.07, 6.45) is 15.5. The van der Waals surface area contributed by atoms with Crippen LogP contribution in [-0.4, -0.2) is 5.91 Å². The number of carbonyl (C=O) groups is 1. The first-order valence-electron chi connectivity index (χ1n) is 8.62. The predicted molar refractivity (Wildman–Crippen MR) is 91.5 cm³/mol. The molecule has 2 unspecified atom stereocenters. The summed E-state index contributed by atoms with van der Waals surface area (Å²) in [6.45, 7) is 0. The van der Waals surface area contributed by atoms with Crippen LogP contribution in [-0.2, 0) is 4.79 Å². The van der Waals surface area contributed by atoms with E-state index in [4.69, 9.17) is 0 Å². The predicted octanol–water partition coefficient (Wildman–Crippen LogP) is 5.09. The Bertz CT molecular complexity index is 566. The number of benzene rings is 1. The molecule has 3 rings (SSSR count). The van der Waals surface area contributed by atoms with E-state index in [1.165, 1.54) is 12.1 Å². The van der Waals surface area contributed by atoms with Gasteiger partial charge in [0.15, 0.2) is 0 Å². The van der Waals surface area contributed by atoms with Gasteiger partial charge in [-0.2, -0.15) is 0 Å². The number of allylic oxidation sites excluding steroid dienone is 4. The zero-order valence-electron chi connectivity index (χ0n) is 13.4. The second-order valence-electron chi connectivity index (χ2n) is 6.52. The Morgan fingerprint density at radius 2 is 1.39 bits per heavy atom. The molecule has 0 saturated heterocycles. The van der Waals surface area contributed by atoms with Crippen molar-refractivity contribution in [2.75, 3.05) is 5.32 Å². The number of anilines is 1. The lowest BCUT2D eigenvalue weighted by Gasteiger charge is -2.04. The van der Waals surface area contributed by atoms with Crippen LogP contribution in [0.25, 0.3) is 0 Å². The molecule has 0 aromatic heterocycles. The molecule has 1 aromatic rings. The second kappa shape index (κ2) is 7.58. The van der Waals surface area contributed by atoms with Crippen molar-refractivity contribution in [2.45, 2.75) is 38.5 Å². The average molecular weight is 313 g/mol. The molecule has 2 atom stereocenters. The van der Waals surface area contributed by atoms with Gasteiger partial charge < -0.3 is 5.32 Å². The second-order valence-corrected chi connectivity index (χ2v) is 6.52. The highest BCUT2D eigenvalue weighted by molar-refractivity contribution is 5.94. The standard InChI is InChI=1S/C20H24FNO/c21-15-11-13-16(14-12-15)22-20(23)19-17-9-7-5-3-1-2-4-6-8-10-18(17)19/h3-6,11-14,17-19H,1-2,7-10H2,(H,22,23)/b5-3-,6-4-. The van der Waals surface area contributed by atoms with Gasteiger partial charge in [-0.1, -0.05) is 24.3 Å². The number of carbonyl (C=O) groups excluding carboxylic acids is 1. The van der Waals surface area contributed by atoms with Crippen molar-refractivity contribution in [1.82, 2.24) is 0 Å². The van der Waals surface area contributed by atoms with Crippen molar-refractivity contribution in [3.63, 3.8) is 0 Å². The number of nitrogens with one attached hydrogen (secondary N) is 1. The van der Waals surface area contributed by atoms with Crippen LogP contribution in [0.2, 0.25) is 0 Å². The van der Waals surface area contributed by atoms with E-state index in [0.717, 1.165) is 38.5 Å². The summed E-state index contributed by atoms with van der Waals surface area (Å²) in [5, 5.41) is 2.94. The molecular weight excluding hydrogens is 289 g/mol. The zero-order chi connectivity index (χ0) is 16.1. The van der Waals surface area contributed by atoms with E-state index in [0.29, 0.717) is 17.5 Å². The SMILES string of the molecule is O=C(Nc1ccc(F)cc1)C1C2CC/C=C\CC/C=C\CCC21. The lowest BCUT2D eigenvalue weighted by Crippen LogP contribution is -2.15. The molecule has 23 heavy (non-hydrogen) atoms. The van der Waals surface area contributed by atoms with Gasteiger partial charge in [-0.3, -0.25) is 4.79 Å². The minimum atomic E-state index is -0.283. The number of halogens is 1. The molecular formula is C20H24FNO. The highest BCUT2D eigenvalue weighted by atomic mass is 19.1. The lowest BCUT2D eigenvalue weighted by molar-refractivity contribution is -0.117. The molecule has 0 aliphatic heterocycles. The van der Waals surface area contributed by atoms with E-state index in [2.05, 4.69) is 29.6 Å². The normalized spacial score (nSPS) is 30.2. The quantitative estimate of drug-likeness (QED) is 0.757. The van der Waals surface area contributed by atoms with Gasteiger partial charge in [-0.05, 0) is 74.6 Å². The van der Waals surface area contributed by atoms with Gasteiger partial charge in [0.05, 0.1) is 0 Å². The summed E-state index contributed by atoms with van der Waals surface area (Å²) in [5.41, 5.74) is 0.679. The zero-order valence-corrected chi connectivity index (χ0v) is 13.4. The van der Waals surface area contributed by atoms with Crippen molar-refractivity contribution in [1.29, 1.82) is 0 Å². The van der Waals surface area contributed by atoms with Gasteiger partial charge in [0.1, 0.15) is 5.82 Å². The molecule has 1 amide bonds. The van der Waals surface area contributed by atoms with Crippen LogP contribution in [0.5, 0.6) is 0 Å². The Labute approximate surface area is 137 Å². The summed E-state index contributed by atoms with van der Waals surface area (Å²) in [5.74, 6) is 0.909. The first kappa shape index (κ1) is 16.0. The third-order valence-electron chi connectivity index (χ3n) is 4.91. The molecule has 1 N–H and O–H groups in total. The van der Waals surface area contributed by atoms with Crippen molar-refractivity contribution in [2.24, 2.45) is 17.8 Å². The Kier molecular flexibility index (Phi) is 5.27. The van der Waals surface area contributed by atoms with Crippen molar-refractivity contribution in [3.05, 3.63) is 54.4 Å². The van der Waals surface area contributed by atoms with E-state index in [1.54, 1.807) is 12.1 Å². The van der Waals surface area contributed by atoms with E-state index in [-0.39, 0.29) is 17.6 Å². The molecule has 0 radical (unpaired) electrons. The smallest absolute Gasteiger partial charge is 0.228 e. The Morgan fingerprint density at radius 3 is 1.96 bits per heavy atom. The lowest BCUT2D eigenvalue weighted by atomic mass is 10.1. The molecule has 2 aliphatic rings. The van der Waals surface area contributed by atoms with Gasteiger partial charge in [0, 0.05) is 11.6 Å². The van der Waals surface area contributed by atoms with E-state index < -0.39 is 0 Å². The fourth-order valence-electron chi connectivity index (χ4n) is 3.62. The number of hydrogen-bond acceptors (Lipinski definition) is 1. The van der Waals surface area contributed by atoms with Gasteiger partial charge >= 0.3 is 0 Å². The van der Waals surface area contributed by atoms with Crippen LogP contribution in [0.3, 0.4) is 0 Å². The molecule has 1 aromatic carbocycles. The van der Waals surface area contributed by atoms with Crippen LogP contribution in [0.15, 0.2) is 48.6 Å². The van der Waals surface area contributed by atoms with E-state index >= 15 is 0 Å². The topological polar surface area (TPSA) is 29.1 Å². The van der Waals surface area contributed by atoms with Crippen LogP contribution in [0.4, 0.5) is 10.1 Å². The molecule has 0 spiro atoms. The molecule has 3 heteroatoms. The first-order chi connectivity index (χ1) is 11.3. The Morgan fingerprint density at radius 1 is 0.870 bits per heavy atom. The molecule has 1 saturated carbocycles. The molecule has 122 valence electrons. The summed E-state index contributed by atoms with van der Waals surface area (Å²) < 4.78 is 12.9. The third kappa shape index (κ3) is 4.31. The Balaban J connectivity index is 1.60. The highest BCUT2D eigenvalue weighted by Crippen LogP contribution is 2.52. The first-order valence-corrected chi connectivity index (χ1v) is 8.62. The Hall–Kier alpha value is -1.90. The third-order valence-corrected chi connectivity index (χ3v) is 4.91. The fourth-order valence-corrected chi connectivity index (χ4v) is 3.62. The van der Waals surface area contributed by atoms with Crippen LogP contribution >= 0.6 is 0 Å². The number of amides is 1. The number of rotatable bonds is 2. The fraction of sp³-hybridized carbons (Fsp3) is 0.450. The maximum Gasteiger partial charge on any atom is 0.228 e. The number of hydrogen-bond donors (Lipinski definition) is 1. The van der Waals surface area contributed by atoms with Crippen molar-refractivity contribution >= 4 is 11.6 Å². The van der Waals surface area contributed by atoms with E-state index in [1.807, 2.05) is 0 Å². The molecule has 2 nitrogen and oxygen atoms in total. The minimum Gasteiger partial charge on any atom is -0.326 e. The number of fused-ring (bicyclic) bond motifs is 1. The van der Waals surface area contributed by atoms with Crippen molar-refractivity contribution < 1.29 is 9.18 Å². The molecule has 1 fully saturated rings. The molecule has 2 aliphatic carbocycles. The summed E-state index contributed by atoms with van der Waals surface area (Å²) in [6, 6.07) is 5.99. The minimum absolute atomic E-state index is 0.0921. The van der Waals surface area contributed by atoms with E-state index in [9.17, 15) is 9.18 Å². The summed E-state index contributed by atoms with van der Waals surface area (Å²) in [4.78, 5) is 12.5. The maximum atomic E-state index is 12.9. The van der Waals surface area contributed by atoms with Gasteiger partial charge in [-0.25, -0.2) is 4.39 Å². The average Bonchev–Trinajstić information content (AvgIpc) is 3.22. The van der Waals surface area contributed by atoms with Gasteiger partial charge in [0.25, 0.3) is 0 Å². The molecule has 0 bridgehead atoms. The van der Waals surface area contributed by atoms with Crippen LogP contribution < -0.4 is 5.32 Å². The summed E-state index contributed by atoms with van der Waals surface area (Å²) >= 11 is 0. The van der Waals surface area contributed by atoms with Crippen LogP contribution in [0, 0.1) is 23.6 Å². The maximum absolute atomic E-state index is 12.9. The van der Waals surface area contributed by atoms with Crippen LogP contribution in [0.1, 0.15) is 38.5 Å².